The van der Waals surface area contributed by atoms with Crippen LogP contribution >= 0.6 is 11.3 Å². The molecule has 0 radical (unpaired) electrons. The van der Waals surface area contributed by atoms with Crippen molar-refractivity contribution >= 4 is 28.3 Å². The first-order chi connectivity index (χ1) is 13.4. The van der Waals surface area contributed by atoms with E-state index in [9.17, 15) is 9.59 Å². The third-order valence-corrected chi connectivity index (χ3v) is 5.17. The van der Waals surface area contributed by atoms with E-state index in [1.54, 1.807) is 6.07 Å². The van der Waals surface area contributed by atoms with Crippen molar-refractivity contribution in [3.05, 3.63) is 58.4 Å². The molecular weight excluding hydrogens is 374 g/mol. The Morgan fingerprint density at radius 1 is 1.25 bits per heavy atom. The largest absolute Gasteiger partial charge is 0.456 e. The number of hydrogen-bond acceptors (Lipinski definition) is 5. The molecule has 0 saturated carbocycles. The number of nitrogens with one attached hydrogen (secondary N) is 2. The van der Waals surface area contributed by atoms with Crippen molar-refractivity contribution in [1.29, 1.82) is 0 Å². The summed E-state index contributed by atoms with van der Waals surface area (Å²) in [6.45, 7) is 7.36. The number of nitrogens with zero attached hydrogens (tertiary/aromatic N) is 1. The molecule has 1 aromatic carbocycles. The second-order valence-electron chi connectivity index (χ2n) is 6.61. The highest BCUT2D eigenvalue weighted by atomic mass is 32.1. The lowest BCUT2D eigenvalue weighted by Crippen LogP contribution is -2.23. The van der Waals surface area contributed by atoms with Crippen LogP contribution < -0.4 is 10.6 Å². The van der Waals surface area contributed by atoms with Gasteiger partial charge in [-0.1, -0.05) is 31.2 Å². The predicted octanol–water partition coefficient (Wildman–Crippen LogP) is 4.72. The normalized spacial score (nSPS) is 11.9. The third kappa shape index (κ3) is 4.48. The average Bonchev–Trinajstić information content (AvgIpc) is 3.27. The number of carbonyl (C=O) groups is 2. The summed E-state index contributed by atoms with van der Waals surface area (Å²) < 4.78 is 5.59. The highest BCUT2D eigenvalue weighted by Crippen LogP contribution is 2.27. The lowest BCUT2D eigenvalue weighted by Gasteiger charge is -2.12. The minimum absolute atomic E-state index is 0.0541. The van der Waals surface area contributed by atoms with E-state index in [4.69, 9.17) is 4.42 Å². The van der Waals surface area contributed by atoms with Crippen LogP contribution in [0.3, 0.4) is 0 Å². The van der Waals surface area contributed by atoms with Crippen LogP contribution in [0.25, 0.3) is 11.3 Å². The van der Waals surface area contributed by atoms with Gasteiger partial charge in [0.15, 0.2) is 10.9 Å². The second kappa shape index (κ2) is 8.39. The van der Waals surface area contributed by atoms with Crippen LogP contribution in [0, 0.1) is 6.92 Å². The van der Waals surface area contributed by atoms with Gasteiger partial charge in [0, 0.05) is 24.3 Å². The number of aryl methyl sites for hydroxylation is 2. The Morgan fingerprint density at radius 3 is 2.57 bits per heavy atom. The smallest absolute Gasteiger partial charge is 0.293 e. The molecule has 7 heteroatoms. The van der Waals surface area contributed by atoms with Gasteiger partial charge in [-0.05, 0) is 31.0 Å². The number of rotatable bonds is 6. The van der Waals surface area contributed by atoms with Gasteiger partial charge in [0.2, 0.25) is 5.91 Å². The molecule has 1 atom stereocenters. The van der Waals surface area contributed by atoms with E-state index >= 15 is 0 Å². The van der Waals surface area contributed by atoms with E-state index in [2.05, 4.69) is 15.6 Å². The minimum atomic E-state index is -0.303. The van der Waals surface area contributed by atoms with Crippen LogP contribution in [0.15, 0.2) is 40.1 Å². The van der Waals surface area contributed by atoms with Gasteiger partial charge in [-0.2, -0.15) is 0 Å². The van der Waals surface area contributed by atoms with Gasteiger partial charge >= 0.3 is 0 Å². The summed E-state index contributed by atoms with van der Waals surface area (Å²) in [4.78, 5) is 28.1. The van der Waals surface area contributed by atoms with Crippen molar-refractivity contribution in [3.8, 4) is 11.3 Å². The maximum atomic E-state index is 12.4. The van der Waals surface area contributed by atoms with Crippen LogP contribution in [0.1, 0.15) is 54.3 Å². The van der Waals surface area contributed by atoms with Crippen molar-refractivity contribution in [2.24, 2.45) is 0 Å². The molecule has 0 aliphatic rings. The quantitative estimate of drug-likeness (QED) is 0.630. The Balaban J connectivity index is 1.69. The molecule has 2 heterocycles. The number of amides is 2. The molecule has 3 aromatic rings. The zero-order valence-electron chi connectivity index (χ0n) is 16.3. The monoisotopic (exact) mass is 397 g/mol. The van der Waals surface area contributed by atoms with Crippen molar-refractivity contribution in [2.45, 2.75) is 40.2 Å². The standard InChI is InChI=1S/C21H23N3O3S/c1-5-18-12(2)10-19(27-18)20(26)24-21-23-17(11-28-21)16-8-6-15(7-9-16)13(3)22-14(4)25/h6-11,13H,5H2,1-4H3,(H,22,25)(H,23,24,26). The number of furan rings is 1. The average molecular weight is 398 g/mol. The van der Waals surface area contributed by atoms with Crippen LogP contribution in [0.2, 0.25) is 0 Å². The predicted molar refractivity (Wildman–Crippen MR) is 111 cm³/mol. The van der Waals surface area contributed by atoms with E-state index in [0.29, 0.717) is 10.9 Å². The molecule has 0 aliphatic carbocycles. The molecule has 1 unspecified atom stereocenters. The summed E-state index contributed by atoms with van der Waals surface area (Å²) in [6, 6.07) is 9.53. The van der Waals surface area contributed by atoms with Crippen molar-refractivity contribution in [3.63, 3.8) is 0 Å². The number of anilines is 1. The molecule has 2 aromatic heterocycles. The molecule has 6 nitrogen and oxygen atoms in total. The van der Waals surface area contributed by atoms with E-state index in [-0.39, 0.29) is 17.9 Å². The maximum absolute atomic E-state index is 12.4. The third-order valence-electron chi connectivity index (χ3n) is 4.42. The van der Waals surface area contributed by atoms with Crippen molar-refractivity contribution in [1.82, 2.24) is 10.3 Å². The number of aromatic nitrogens is 1. The molecule has 2 N–H and O–H groups in total. The number of carbonyl (C=O) groups excluding carboxylic acids is 2. The Kier molecular flexibility index (Phi) is 5.94. The van der Waals surface area contributed by atoms with E-state index in [0.717, 1.165) is 34.6 Å². The Hall–Kier alpha value is -2.93. The molecule has 0 aliphatic heterocycles. The molecule has 28 heavy (non-hydrogen) atoms. The number of hydrogen-bond donors (Lipinski definition) is 2. The molecular formula is C21H23N3O3S. The van der Waals surface area contributed by atoms with Gasteiger partial charge in [-0.15, -0.1) is 11.3 Å². The first-order valence-electron chi connectivity index (χ1n) is 9.11. The Labute approximate surface area is 168 Å². The molecule has 0 bridgehead atoms. The zero-order valence-corrected chi connectivity index (χ0v) is 17.1. The lowest BCUT2D eigenvalue weighted by molar-refractivity contribution is -0.119. The van der Waals surface area contributed by atoms with Crippen LogP contribution in [0.5, 0.6) is 0 Å². The summed E-state index contributed by atoms with van der Waals surface area (Å²) in [5.74, 6) is 0.749. The Bertz CT molecular complexity index is 989. The topological polar surface area (TPSA) is 84.2 Å². The first kappa shape index (κ1) is 19.8. The lowest BCUT2D eigenvalue weighted by atomic mass is 10.1. The highest BCUT2D eigenvalue weighted by molar-refractivity contribution is 7.14. The van der Waals surface area contributed by atoms with Gasteiger partial charge in [-0.3, -0.25) is 14.9 Å². The summed E-state index contributed by atoms with van der Waals surface area (Å²) in [7, 11) is 0. The summed E-state index contributed by atoms with van der Waals surface area (Å²) in [6.07, 6.45) is 0.747. The molecule has 146 valence electrons. The number of benzene rings is 1. The summed E-state index contributed by atoms with van der Waals surface area (Å²) in [5.41, 5.74) is 3.71. The van der Waals surface area contributed by atoms with Gasteiger partial charge in [0.05, 0.1) is 11.7 Å². The van der Waals surface area contributed by atoms with E-state index < -0.39 is 0 Å². The fourth-order valence-electron chi connectivity index (χ4n) is 2.94. The van der Waals surface area contributed by atoms with Crippen LogP contribution in [0.4, 0.5) is 5.13 Å². The summed E-state index contributed by atoms with van der Waals surface area (Å²) >= 11 is 1.36. The fourth-order valence-corrected chi connectivity index (χ4v) is 3.65. The van der Waals surface area contributed by atoms with Crippen molar-refractivity contribution < 1.29 is 14.0 Å². The van der Waals surface area contributed by atoms with Crippen LogP contribution in [-0.4, -0.2) is 16.8 Å². The molecule has 3 rings (SSSR count). The van der Waals surface area contributed by atoms with E-state index in [1.807, 2.05) is 50.4 Å². The van der Waals surface area contributed by atoms with E-state index in [1.165, 1.54) is 18.3 Å². The molecule has 2 amide bonds. The molecule has 0 spiro atoms. The van der Waals surface area contributed by atoms with Gasteiger partial charge in [0.1, 0.15) is 5.76 Å². The minimum Gasteiger partial charge on any atom is -0.456 e. The fraction of sp³-hybridized carbons (Fsp3) is 0.286. The zero-order chi connectivity index (χ0) is 20.3. The first-order valence-corrected chi connectivity index (χ1v) is 9.99. The van der Waals surface area contributed by atoms with Crippen molar-refractivity contribution in [2.75, 3.05) is 5.32 Å². The SMILES string of the molecule is CCc1oc(C(=O)Nc2nc(-c3ccc(C(C)NC(C)=O)cc3)cs2)cc1C. The summed E-state index contributed by atoms with van der Waals surface area (Å²) in [5, 5.41) is 8.06. The number of thiazole rings is 1. The molecule has 0 saturated heterocycles. The van der Waals surface area contributed by atoms with Gasteiger partial charge < -0.3 is 9.73 Å². The van der Waals surface area contributed by atoms with Gasteiger partial charge in [-0.25, -0.2) is 4.98 Å². The Morgan fingerprint density at radius 2 is 1.96 bits per heavy atom. The second-order valence-corrected chi connectivity index (χ2v) is 7.46. The van der Waals surface area contributed by atoms with Gasteiger partial charge in [0.25, 0.3) is 5.91 Å². The molecule has 0 fully saturated rings. The van der Waals surface area contributed by atoms with Crippen LogP contribution in [-0.2, 0) is 11.2 Å². The highest BCUT2D eigenvalue weighted by Gasteiger charge is 2.16. The maximum Gasteiger partial charge on any atom is 0.293 e.